The zero-order valence-electron chi connectivity index (χ0n) is 54.2. The molecule has 12 atom stereocenters. The summed E-state index contributed by atoms with van der Waals surface area (Å²) in [5.41, 5.74) is 0. The summed E-state index contributed by atoms with van der Waals surface area (Å²) in [5, 5.41) is 45.3. The van der Waals surface area contributed by atoms with Crippen molar-refractivity contribution >= 4 is 81.7 Å². The first-order valence-electron chi connectivity index (χ1n) is 28.2. The van der Waals surface area contributed by atoms with Crippen LogP contribution in [-0.2, 0) is 163 Å². The van der Waals surface area contributed by atoms with Gasteiger partial charge in [-0.15, -0.1) is 0 Å². The topological polar surface area (TPSA) is 863 Å². The molecule has 0 aromatic carbocycles. The Bertz CT molecular complexity index is 2360. The van der Waals surface area contributed by atoms with Gasteiger partial charge in [-0.25, -0.2) is 0 Å². The van der Waals surface area contributed by atoms with Gasteiger partial charge in [-0.2, -0.15) is 0 Å². The molecule has 0 aromatic heterocycles. The highest BCUT2D eigenvalue weighted by Crippen LogP contribution is 2.47. The second-order valence-corrected chi connectivity index (χ2v) is 25.3. The Kier molecular flexibility index (Phi) is 72.5. The van der Waals surface area contributed by atoms with Gasteiger partial charge in [-0.3, -0.25) is 18.3 Å². The van der Waals surface area contributed by atoms with Gasteiger partial charge in [-0.05, 0) is 0 Å². The normalized spacial score (nSPS) is 22.3. The van der Waals surface area contributed by atoms with Crippen LogP contribution in [0.1, 0.15) is 0 Å². The van der Waals surface area contributed by atoms with Crippen molar-refractivity contribution in [2.45, 2.75) is 73.2 Å². The van der Waals surface area contributed by atoms with E-state index in [2.05, 4.69) is 46.7 Å². The van der Waals surface area contributed by atoms with Gasteiger partial charge in [-0.1, -0.05) is 0 Å². The zero-order chi connectivity index (χ0) is 80.8. The number of hydrogen-bond donors (Lipinski definition) is 0. The first-order chi connectivity index (χ1) is 49.4. The van der Waals surface area contributed by atoms with Crippen LogP contribution in [0.5, 0.6) is 0 Å². The van der Waals surface area contributed by atoms with Crippen LogP contribution < -0.4 is 99.3 Å². The van der Waals surface area contributed by atoms with E-state index in [-0.39, 0.29) is 59.5 Å². The molecule has 2 saturated carbocycles. The van der Waals surface area contributed by atoms with Crippen LogP contribution in [0, 0.1) is 0 Å². The summed E-state index contributed by atoms with van der Waals surface area (Å²) >= 11 is 0. The molecule has 2 aliphatic rings. The predicted octanol–water partition coefficient (Wildman–Crippen LogP) is -17.6. The van der Waals surface area contributed by atoms with Gasteiger partial charge in [0.25, 0.3) is 0 Å². The van der Waals surface area contributed by atoms with Crippen LogP contribution in [0.4, 0.5) is 0 Å². The Labute approximate surface area is 602 Å². The molecule has 0 bridgehead atoms. The Morgan fingerprint density at radius 3 is 0.467 bits per heavy atom. The number of hydrogen-bond acceptors (Lipinski definition) is 55. The minimum absolute atomic E-state index is 0.0247. The van der Waals surface area contributed by atoms with Crippen LogP contribution in [0.2, 0.25) is 0 Å². The summed E-state index contributed by atoms with van der Waals surface area (Å²) in [5.74, 6) is 0. The van der Waals surface area contributed by atoms with Crippen LogP contribution in [0.15, 0.2) is 0 Å². The van der Waals surface area contributed by atoms with E-state index in [4.69, 9.17) is 109 Å². The molecular weight excluding hydrogens is 1670 g/mol. The highest BCUT2D eigenvalue weighted by molar-refractivity contribution is 7.44. The molecule has 2 rings (SSSR count). The first-order valence-corrected chi connectivity index (χ1v) is 39.8. The van der Waals surface area contributed by atoms with Crippen LogP contribution in [0.25, 0.3) is 0 Å². The van der Waals surface area contributed by atoms with Gasteiger partial charge in [0.15, 0.2) is 0 Å². The molecule has 2 fully saturated rings. The Hall–Kier alpha value is -0.0200. The highest BCUT2D eigenvalue weighted by atomic mass is 31.2. The zero-order valence-corrected chi connectivity index (χ0v) is 63.2. The maximum atomic E-state index is 11.5. The second-order valence-electron chi connectivity index (χ2n) is 18.0. The van der Waals surface area contributed by atoms with Crippen LogP contribution in [0.3, 0.4) is 0 Å². The van der Waals surface area contributed by atoms with Crippen molar-refractivity contribution in [1.29, 1.82) is 0 Å². The summed E-state index contributed by atoms with van der Waals surface area (Å²) in [6, 6.07) is 0. The Morgan fingerprint density at radius 2 is 0.333 bits per heavy atom. The van der Waals surface area contributed by atoms with Crippen molar-refractivity contribution in [1.82, 2.24) is 0 Å². The molecule has 0 N–H and O–H groups in total. The SMILES string of the molecule is COCCOCCOC1C(O[O-])[C@H](OP(=O)([O-])[O-])[C@H](O[O-])C(OP(=O)([O-])[O-])[C@@H]1OP(=O)([O-])[O-].COCCOCCOCCOCCOCCOCCOCCOCCOCCOCCOCCOC1C(O[O-])[C@H](OP(=O)([O-])[O-])[C@H](O[O-])C(OP(=O)([O-])[O-])[C@@H]1OP(=O)([O-])[O-].O=P[O-].O=P[O-].O=P[O-].O=P[O-]. The average molecular weight is 1740 g/mol. The van der Waals surface area contributed by atoms with Crippen LogP contribution in [-0.4, -0.2) is 259 Å². The van der Waals surface area contributed by atoms with Gasteiger partial charge in [0, 0.05) is 14.2 Å². The lowest BCUT2D eigenvalue weighted by atomic mass is 9.84. The maximum absolute atomic E-state index is 11.5. The predicted molar refractivity (Wildman–Crippen MR) is 287 cm³/mol. The molecule has 0 radical (unpaired) electrons. The van der Waals surface area contributed by atoms with Crippen molar-refractivity contribution in [3.63, 3.8) is 0 Å². The number of phosphoric acid groups is 6. The first kappa shape index (κ1) is 111. The van der Waals surface area contributed by atoms with Crippen molar-refractivity contribution in [3.05, 3.63) is 0 Å². The van der Waals surface area contributed by atoms with Gasteiger partial charge in [0.1, 0.15) is 73.2 Å². The third-order valence-electron chi connectivity index (χ3n) is 11.1. The molecule has 0 aliphatic heterocycles. The van der Waals surface area contributed by atoms with E-state index in [1.807, 2.05) is 0 Å². The highest BCUT2D eigenvalue weighted by Gasteiger charge is 2.56. The number of methoxy groups -OCH3 is 2. The Morgan fingerprint density at radius 1 is 0.219 bits per heavy atom. The third-order valence-corrected chi connectivity index (χ3v) is 14.1. The van der Waals surface area contributed by atoms with Crippen molar-refractivity contribution in [2.75, 3.05) is 186 Å². The molecule has 2 aliphatic carbocycles. The summed E-state index contributed by atoms with van der Waals surface area (Å²) in [6.07, 6.45) is -31.1. The molecule has 55 nitrogen and oxygen atoms in total. The summed E-state index contributed by atoms with van der Waals surface area (Å²) in [7, 11) is -38.2. The van der Waals surface area contributed by atoms with Crippen molar-refractivity contribution in [3.8, 4) is 0 Å². The van der Waals surface area contributed by atoms with Gasteiger partial charge < -0.3 is 244 Å². The van der Waals surface area contributed by atoms with Crippen molar-refractivity contribution in [2.24, 2.45) is 0 Å². The smallest absolute Gasteiger partial charge is 0.121 e. The minimum Gasteiger partial charge on any atom is -0.790 e. The quantitative estimate of drug-likeness (QED) is 0.0236. The Balaban J connectivity index is -0.000000944. The summed E-state index contributed by atoms with van der Waals surface area (Å²) in [6.45, 7) is 5.42. The monoisotopic (exact) mass is 1740 g/mol. The van der Waals surface area contributed by atoms with E-state index < -0.39 is 168 Å². The summed E-state index contributed by atoms with van der Waals surface area (Å²) in [4.78, 5) is 183. The molecule has 630 valence electrons. The fourth-order valence-corrected chi connectivity index (χ4v) is 10.9. The number of phosphoric ester groups is 6. The molecule has 0 aromatic rings. The third kappa shape index (κ3) is 65.0. The average Bonchev–Trinajstić information content (AvgIpc) is 0.766. The molecule has 65 heteroatoms. The van der Waals surface area contributed by atoms with E-state index in [0.29, 0.717) is 99.1 Å². The fourth-order valence-electron chi connectivity index (χ4n) is 7.63. The second kappa shape index (κ2) is 68.4. The van der Waals surface area contributed by atoms with Gasteiger partial charge in [0.05, 0.1) is 253 Å². The van der Waals surface area contributed by atoms with E-state index in [9.17, 15) is 107 Å². The molecule has 0 spiro atoms. The summed E-state index contributed by atoms with van der Waals surface area (Å²) < 4.78 is 204. The largest absolute Gasteiger partial charge is 0.790 e. The molecule has 0 amide bonds. The van der Waals surface area contributed by atoms with Crippen molar-refractivity contribution < 1.29 is 263 Å². The van der Waals surface area contributed by atoms with Gasteiger partial charge in [0.2, 0.25) is 0 Å². The maximum Gasteiger partial charge on any atom is 0.121 e. The lowest BCUT2D eigenvalue weighted by Gasteiger charge is -2.55. The number of ether oxygens (including phenoxy) is 15. The van der Waals surface area contributed by atoms with Crippen LogP contribution >= 0.6 is 81.7 Å². The lowest BCUT2D eigenvalue weighted by Crippen LogP contribution is -2.69. The standard InChI is InChI=1S/C29H61O28P3.C11H25O19P3.4HO2P/c1-41-2-3-42-4-5-43-6-7-44-8-9-45-10-11-46-12-13-47-14-15-48-16-17-49-18-19-50-20-21-51-22-23-52-24-25(53-30)28(56-59(35,36)37)26(54-31)29(57-60(38,39)40)27(24)55-58(32,33)34;1-23-2-3-24-4-5-25-6-7(26-12)10(29-32(17,18)19)8(27-13)11(30-33(20,21)22)9(6)28-31(14,15)16;4*1-3-2/h24-31H,2-23H2,1H3,(H2,32,33,34)(H2,35,36,37)(H2,38,39,40);6-13H,2-5H2,1H3,(H2,14,15,16)(H2,17,18,19)(H2,20,21,22);4*(H,1,2)/p-20/t24?,25?,26-,27+,28-,29?;6?,7?,8-,9+,10-,11?;;;;/m00..../s1. The molecule has 6 unspecified atom stereocenters. The molecule has 0 heterocycles. The molecule has 0 saturated heterocycles. The van der Waals surface area contributed by atoms with E-state index in [0.717, 1.165) is 0 Å². The van der Waals surface area contributed by atoms with E-state index in [1.165, 1.54) is 7.11 Å². The molecular formula is C40H70O55P10-20. The lowest BCUT2D eigenvalue weighted by molar-refractivity contribution is -0.728. The number of rotatable bonds is 57. The molecule has 105 heavy (non-hydrogen) atoms. The minimum atomic E-state index is -6.22. The van der Waals surface area contributed by atoms with Gasteiger partial charge >= 0.3 is 0 Å². The van der Waals surface area contributed by atoms with E-state index >= 15 is 0 Å². The van der Waals surface area contributed by atoms with E-state index in [1.54, 1.807) is 7.11 Å². The fraction of sp³-hybridized carbons (Fsp3) is 1.00.